The third-order valence-electron chi connectivity index (χ3n) is 12.7. The molecule has 280 valence electrons. The van der Waals surface area contributed by atoms with E-state index in [0.29, 0.717) is 25.0 Å². The average molecular weight is 717 g/mol. The van der Waals surface area contributed by atoms with Crippen molar-refractivity contribution in [2.75, 3.05) is 6.54 Å². The highest BCUT2D eigenvalue weighted by Gasteiger charge is 2.43. The Bertz CT molecular complexity index is 1980. The van der Waals surface area contributed by atoms with Crippen LogP contribution in [0.4, 0.5) is 4.79 Å². The van der Waals surface area contributed by atoms with Gasteiger partial charge in [-0.15, -0.1) is 0 Å². The number of carbonyl (C=O) groups is 2. The second kappa shape index (κ2) is 13.6. The predicted octanol–water partition coefficient (Wildman–Crippen LogP) is 9.64. The summed E-state index contributed by atoms with van der Waals surface area (Å²) in [6.07, 6.45) is 9.15. The third kappa shape index (κ3) is 6.54. The van der Waals surface area contributed by atoms with Crippen LogP contribution in [0.3, 0.4) is 0 Å². The Hall–Kier alpha value is -4.20. The predicted molar refractivity (Wildman–Crippen MR) is 212 cm³/mol. The van der Waals surface area contributed by atoms with Crippen LogP contribution in [0.25, 0.3) is 22.3 Å². The first kappa shape index (κ1) is 35.8. The van der Waals surface area contributed by atoms with Crippen LogP contribution in [0.15, 0.2) is 52.2 Å². The molecule has 2 fully saturated rings. The molecule has 1 aliphatic carbocycles. The lowest BCUT2D eigenvalue weighted by Gasteiger charge is -2.32. The number of aryl methyl sites for hydroxylation is 1. The van der Waals surface area contributed by atoms with Crippen LogP contribution in [-0.4, -0.2) is 63.5 Å². The van der Waals surface area contributed by atoms with E-state index in [2.05, 4.69) is 69.9 Å². The van der Waals surface area contributed by atoms with E-state index >= 15 is 0 Å². The Morgan fingerprint density at radius 1 is 0.962 bits per heavy atom. The molecular weight excluding hydrogens is 661 g/mol. The molecule has 8 nitrogen and oxygen atoms in total. The van der Waals surface area contributed by atoms with Crippen LogP contribution in [-0.2, 0) is 22.6 Å². The van der Waals surface area contributed by atoms with Crippen LogP contribution in [0.2, 0.25) is 0 Å². The fraction of sp³-hybridized carbons (Fsp3) is 0.556. The molecule has 2 aromatic carbocycles. The van der Waals surface area contributed by atoms with Gasteiger partial charge in [-0.2, -0.15) is 0 Å². The molecule has 5 heterocycles. The van der Waals surface area contributed by atoms with Gasteiger partial charge in [0.05, 0.1) is 12.1 Å². The van der Waals surface area contributed by atoms with Crippen molar-refractivity contribution in [2.45, 2.75) is 137 Å². The van der Waals surface area contributed by atoms with Crippen molar-refractivity contribution in [1.82, 2.24) is 9.80 Å². The van der Waals surface area contributed by atoms with Gasteiger partial charge in [0.1, 0.15) is 18.0 Å². The first-order valence-corrected chi connectivity index (χ1v) is 20.1. The van der Waals surface area contributed by atoms with Crippen LogP contribution >= 0.6 is 0 Å². The van der Waals surface area contributed by atoms with Crippen molar-refractivity contribution in [3.63, 3.8) is 0 Å². The number of aliphatic imine (C=N–C) groups is 2. The molecule has 0 N–H and O–H groups in total. The van der Waals surface area contributed by atoms with Crippen molar-refractivity contribution >= 4 is 34.6 Å². The van der Waals surface area contributed by atoms with Crippen molar-refractivity contribution < 1.29 is 19.1 Å². The molecule has 0 radical (unpaired) electrons. The molecular formula is C45H56N4O4. The number of hydrogen-bond acceptors (Lipinski definition) is 6. The fourth-order valence-corrected chi connectivity index (χ4v) is 9.33. The van der Waals surface area contributed by atoms with E-state index in [9.17, 15) is 9.59 Å². The second-order valence-corrected chi connectivity index (χ2v) is 17.7. The highest BCUT2D eigenvalue weighted by molar-refractivity contribution is 6.06. The number of allylic oxidation sites excluding steroid dienone is 3. The summed E-state index contributed by atoms with van der Waals surface area (Å²) in [4.78, 5) is 41.0. The maximum atomic E-state index is 13.6. The minimum Gasteiger partial charge on any atom is -0.488 e. The molecule has 53 heavy (non-hydrogen) atoms. The average Bonchev–Trinajstić information content (AvgIpc) is 3.94. The maximum Gasteiger partial charge on any atom is 0.410 e. The van der Waals surface area contributed by atoms with Crippen molar-refractivity contribution in [2.24, 2.45) is 27.7 Å². The van der Waals surface area contributed by atoms with Gasteiger partial charge < -0.3 is 14.4 Å². The zero-order chi connectivity index (χ0) is 37.3. The topological polar surface area (TPSA) is 83.8 Å². The lowest BCUT2D eigenvalue weighted by atomic mass is 9.83. The third-order valence-corrected chi connectivity index (χ3v) is 12.7. The molecule has 5 aliphatic heterocycles. The Morgan fingerprint density at radius 2 is 1.77 bits per heavy atom. The molecule has 2 amide bonds. The van der Waals surface area contributed by atoms with Crippen molar-refractivity contribution in [3.8, 4) is 16.9 Å². The van der Waals surface area contributed by atoms with Gasteiger partial charge in [-0.3, -0.25) is 19.7 Å². The molecule has 8 rings (SSSR count). The normalized spacial score (nSPS) is 25.3. The van der Waals surface area contributed by atoms with Gasteiger partial charge in [-0.25, -0.2) is 4.79 Å². The minimum absolute atomic E-state index is 0.00839. The van der Waals surface area contributed by atoms with Gasteiger partial charge in [-0.1, -0.05) is 46.2 Å². The van der Waals surface area contributed by atoms with Gasteiger partial charge in [0.25, 0.3) is 0 Å². The second-order valence-electron chi connectivity index (χ2n) is 17.7. The monoisotopic (exact) mass is 716 g/mol. The largest absolute Gasteiger partial charge is 0.488 e. The SMILES string of the molecule is CC[C@H]1C[C@@H](C2=NC=C(c3ccc4c(c3)COc3cc5c(cc3-4)CCC3=C5CC([C@@H]4CC[C@H](C)N4C(=O)C(C)C(C)C)=N3)C2)N(C(=O)OC(C)(C)C)C1. The van der Waals surface area contributed by atoms with Crippen molar-refractivity contribution in [1.29, 1.82) is 0 Å². The van der Waals surface area contributed by atoms with Gasteiger partial charge in [0, 0.05) is 60.2 Å². The summed E-state index contributed by atoms with van der Waals surface area (Å²) in [5.74, 6) is 1.98. The number of fused-ring (bicyclic) bond motifs is 5. The molecule has 8 heteroatoms. The number of amides is 2. The Balaban J connectivity index is 0.979. The Kier molecular flexibility index (Phi) is 9.18. The molecule has 6 aliphatic rings. The van der Waals surface area contributed by atoms with Gasteiger partial charge in [-0.05, 0) is 129 Å². The summed E-state index contributed by atoms with van der Waals surface area (Å²) >= 11 is 0. The molecule has 0 saturated carbocycles. The number of rotatable bonds is 6. The van der Waals surface area contributed by atoms with E-state index in [1.54, 1.807) is 0 Å². The molecule has 0 spiro atoms. The molecule has 5 atom stereocenters. The fourth-order valence-electron chi connectivity index (χ4n) is 9.33. The molecule has 0 aromatic heterocycles. The molecule has 2 aromatic rings. The zero-order valence-electron chi connectivity index (χ0n) is 32.9. The summed E-state index contributed by atoms with van der Waals surface area (Å²) < 4.78 is 12.3. The number of ether oxygens (including phenoxy) is 2. The number of benzene rings is 2. The van der Waals surface area contributed by atoms with Gasteiger partial charge >= 0.3 is 6.09 Å². The van der Waals surface area contributed by atoms with Gasteiger partial charge in [0.15, 0.2) is 0 Å². The molecule has 1 unspecified atom stereocenters. The Morgan fingerprint density at radius 3 is 2.53 bits per heavy atom. The Labute approximate surface area is 315 Å². The maximum absolute atomic E-state index is 13.6. The highest BCUT2D eigenvalue weighted by Crippen LogP contribution is 2.47. The summed E-state index contributed by atoms with van der Waals surface area (Å²) in [5.41, 5.74) is 12.7. The number of likely N-dealkylation sites (tertiary alicyclic amines) is 2. The summed E-state index contributed by atoms with van der Waals surface area (Å²) in [7, 11) is 0. The number of hydrogen-bond donors (Lipinski definition) is 0. The number of carbonyl (C=O) groups excluding carboxylic acids is 2. The quantitative estimate of drug-likeness (QED) is 0.298. The standard InChI is InChI=1S/C45H56N4O4/c1-9-28-16-41(48(23-28)44(51)53-45(6,7)8)38-19-31(22-46-38)29-11-13-33-32(17-29)24-52-42-21-34-30(18-36(33)42)12-14-37-35(34)20-39(47-37)40-15-10-26(4)49(40)43(50)27(5)25(2)3/h11,13,17-18,21-22,25-28,40-41H,9-10,12,14-16,19-20,23-24H2,1-8H3/t26-,27?,28-,40-,41-/m0/s1. The van der Waals surface area contributed by atoms with E-state index in [0.717, 1.165) is 79.7 Å². The molecule has 0 bridgehead atoms. The lowest BCUT2D eigenvalue weighted by molar-refractivity contribution is -0.137. The molecule has 2 saturated heterocycles. The van der Waals surface area contributed by atoms with Crippen LogP contribution < -0.4 is 4.74 Å². The summed E-state index contributed by atoms with van der Waals surface area (Å²) in [6, 6.07) is 11.7. The minimum atomic E-state index is -0.532. The van der Waals surface area contributed by atoms with E-state index in [-0.39, 0.29) is 36.0 Å². The van der Waals surface area contributed by atoms with E-state index in [1.165, 1.54) is 39.1 Å². The van der Waals surface area contributed by atoms with Crippen LogP contribution in [0.5, 0.6) is 5.75 Å². The highest BCUT2D eigenvalue weighted by atomic mass is 16.6. The zero-order valence-corrected chi connectivity index (χ0v) is 32.9. The van der Waals surface area contributed by atoms with Crippen molar-refractivity contribution in [3.05, 3.63) is 64.5 Å². The van der Waals surface area contributed by atoms with E-state index < -0.39 is 5.60 Å². The van der Waals surface area contributed by atoms with Crippen LogP contribution in [0, 0.1) is 17.8 Å². The first-order valence-electron chi connectivity index (χ1n) is 20.1. The van der Waals surface area contributed by atoms with Crippen LogP contribution in [0.1, 0.15) is 123 Å². The summed E-state index contributed by atoms with van der Waals surface area (Å²) in [5, 5.41) is 0. The smallest absolute Gasteiger partial charge is 0.410 e. The lowest BCUT2D eigenvalue weighted by Crippen LogP contribution is -2.47. The number of nitrogens with zero attached hydrogens (tertiary/aromatic N) is 4. The first-order chi connectivity index (χ1) is 25.3. The van der Waals surface area contributed by atoms with E-state index in [4.69, 9.17) is 19.5 Å². The van der Waals surface area contributed by atoms with Gasteiger partial charge in [0.2, 0.25) is 5.91 Å². The summed E-state index contributed by atoms with van der Waals surface area (Å²) in [6.45, 7) is 17.7. The van der Waals surface area contributed by atoms with E-state index in [1.807, 2.05) is 31.9 Å².